The highest BCUT2D eigenvalue weighted by atomic mass is 32.1. The Balaban J connectivity index is 0.645. The van der Waals surface area contributed by atoms with E-state index in [-0.39, 0.29) is 61.0 Å². The number of aromatic nitrogens is 4. The monoisotopic (exact) mass is 1050 g/mol. The van der Waals surface area contributed by atoms with Gasteiger partial charge in [-0.2, -0.15) is 0 Å². The summed E-state index contributed by atoms with van der Waals surface area (Å²) in [6.07, 6.45) is 3.12. The Morgan fingerprint density at radius 2 is 1.62 bits per heavy atom. The lowest BCUT2D eigenvalue weighted by molar-refractivity contribution is -0.143. The van der Waals surface area contributed by atoms with Gasteiger partial charge in [-0.05, 0) is 78.6 Å². The van der Waals surface area contributed by atoms with Crippen LogP contribution < -0.4 is 25.6 Å². The number of para-hydroxylation sites is 1. The van der Waals surface area contributed by atoms with E-state index in [1.165, 1.54) is 16.2 Å². The second-order valence-corrected chi connectivity index (χ2v) is 20.8. The van der Waals surface area contributed by atoms with Crippen LogP contribution in [0.15, 0.2) is 103 Å². The summed E-state index contributed by atoms with van der Waals surface area (Å²) in [6, 6.07) is 26.7. The molecule has 6 aromatic rings. The van der Waals surface area contributed by atoms with Crippen LogP contribution in [0.1, 0.15) is 73.3 Å². The van der Waals surface area contributed by atoms with E-state index in [2.05, 4.69) is 47.1 Å². The van der Waals surface area contributed by atoms with Gasteiger partial charge in [-0.3, -0.25) is 14.4 Å². The number of carbonyl (C=O) groups excluding carboxylic acids is 3. The predicted octanol–water partition coefficient (Wildman–Crippen LogP) is 6.09. The van der Waals surface area contributed by atoms with E-state index in [1.54, 1.807) is 34.8 Å². The molecule has 3 aromatic carbocycles. The number of amides is 3. The first-order valence-electron chi connectivity index (χ1n) is 25.8. The molecule has 0 spiro atoms. The quantitative estimate of drug-likeness (QED) is 0.0565. The lowest BCUT2D eigenvalue weighted by Gasteiger charge is -2.43. The summed E-state index contributed by atoms with van der Waals surface area (Å²) in [6.45, 7) is 9.17. The Morgan fingerprint density at radius 3 is 2.38 bits per heavy atom. The molecule has 2 unspecified atom stereocenters. The summed E-state index contributed by atoms with van der Waals surface area (Å²) in [5.41, 5.74) is 15.1. The van der Waals surface area contributed by atoms with Crippen LogP contribution in [0.25, 0.3) is 21.7 Å². The fourth-order valence-corrected chi connectivity index (χ4v) is 11.7. The first kappa shape index (κ1) is 51.8. The molecule has 7 heterocycles. The summed E-state index contributed by atoms with van der Waals surface area (Å²) in [5.74, 6) is 6.12. The molecule has 19 heteroatoms. The standard InChI is InChI=1S/C57H62N10O8S/c1-35(2)52(66-30-39-9-4-5-10-44(39)56(66)71)57(72)65-33-43(68)28-49(65)55(70)61-36(3)37-14-16-38(17-15-37)53-46(60-34-76-53)12-8-22-73-23-24-74-25-26-75-51-27-40(20-21-59-51)67-41-18-19-42(67)32-64(31-41)48-29-47(62-63-54(48)58)45-11-6-7-13-50(45)69/h4-7,9-11,13-17,20-21,27,29,34-36,41-43,49,52,68-69H,18-19,22-26,28,30-33H2,1-3H3,(H2,58,63)(H,61,70)/t36-,41?,42?,43+,49-,52-/m0/s1. The molecule has 3 amide bonds. The molecule has 2 bridgehead atoms. The number of pyridine rings is 1. The molecule has 5 N–H and O–H groups in total. The molecule has 3 fully saturated rings. The number of fused-ring (bicyclic) bond motifs is 3. The minimum absolute atomic E-state index is 0.0180. The van der Waals surface area contributed by atoms with Gasteiger partial charge in [0.05, 0.1) is 53.7 Å². The van der Waals surface area contributed by atoms with Crippen molar-refractivity contribution in [3.8, 4) is 45.2 Å². The zero-order valence-electron chi connectivity index (χ0n) is 42.7. The molecule has 18 nitrogen and oxygen atoms in total. The van der Waals surface area contributed by atoms with Crippen LogP contribution in [0.3, 0.4) is 0 Å². The van der Waals surface area contributed by atoms with Gasteiger partial charge in [0.15, 0.2) is 5.82 Å². The van der Waals surface area contributed by atoms with Crippen molar-refractivity contribution in [2.24, 2.45) is 5.92 Å². The molecule has 6 atom stereocenters. The highest BCUT2D eigenvalue weighted by Crippen LogP contribution is 2.40. The van der Waals surface area contributed by atoms with E-state index in [9.17, 15) is 24.6 Å². The molecular weight excluding hydrogens is 985 g/mol. The third kappa shape index (κ3) is 11.2. The third-order valence-electron chi connectivity index (χ3n) is 14.6. The summed E-state index contributed by atoms with van der Waals surface area (Å²) >= 11 is 1.48. The van der Waals surface area contributed by atoms with Crippen molar-refractivity contribution in [3.05, 3.63) is 125 Å². The van der Waals surface area contributed by atoms with E-state index < -0.39 is 24.2 Å². The molecule has 0 saturated carbocycles. The normalized spacial score (nSPS) is 19.6. The number of phenols is 1. The number of hydrogen-bond donors (Lipinski definition) is 4. The zero-order valence-corrected chi connectivity index (χ0v) is 43.6. The summed E-state index contributed by atoms with van der Waals surface area (Å²) < 4.78 is 17.5. The van der Waals surface area contributed by atoms with Crippen LogP contribution in [-0.4, -0.2) is 141 Å². The van der Waals surface area contributed by atoms with Gasteiger partial charge in [-0.25, -0.2) is 9.97 Å². The summed E-state index contributed by atoms with van der Waals surface area (Å²) in [4.78, 5) is 59.0. The second-order valence-electron chi connectivity index (χ2n) is 19.9. The van der Waals surface area contributed by atoms with Crippen molar-refractivity contribution in [2.45, 2.75) is 82.9 Å². The zero-order chi connectivity index (χ0) is 52.9. The van der Waals surface area contributed by atoms with Crippen LogP contribution in [0, 0.1) is 17.8 Å². The molecule has 10 rings (SSSR count). The van der Waals surface area contributed by atoms with Gasteiger partial charge in [0.25, 0.3) is 5.91 Å². The second kappa shape index (κ2) is 23.1. The van der Waals surface area contributed by atoms with Crippen LogP contribution in [-0.2, 0) is 25.6 Å². The van der Waals surface area contributed by atoms with Crippen molar-refractivity contribution in [1.29, 1.82) is 0 Å². The number of phenolic OH excluding ortho intramolecular Hbond substituents is 1. The Kier molecular flexibility index (Phi) is 15.7. The summed E-state index contributed by atoms with van der Waals surface area (Å²) in [5, 5.41) is 32.7. The molecule has 76 heavy (non-hydrogen) atoms. The van der Waals surface area contributed by atoms with E-state index in [0.717, 1.165) is 58.9 Å². The van der Waals surface area contributed by atoms with Crippen LogP contribution in [0.4, 0.5) is 17.2 Å². The van der Waals surface area contributed by atoms with Crippen molar-refractivity contribution >= 4 is 46.3 Å². The lowest BCUT2D eigenvalue weighted by Crippen LogP contribution is -2.55. The Morgan fingerprint density at radius 1 is 0.882 bits per heavy atom. The van der Waals surface area contributed by atoms with E-state index >= 15 is 0 Å². The van der Waals surface area contributed by atoms with Gasteiger partial charge in [-0.1, -0.05) is 74.4 Å². The van der Waals surface area contributed by atoms with Gasteiger partial charge in [-0.15, -0.1) is 21.5 Å². The number of ether oxygens (including phenoxy) is 3. The molecule has 4 aliphatic heterocycles. The molecule has 3 aromatic heterocycles. The van der Waals surface area contributed by atoms with E-state index in [4.69, 9.17) is 19.9 Å². The first-order valence-corrected chi connectivity index (χ1v) is 26.7. The fourth-order valence-electron chi connectivity index (χ4n) is 10.9. The van der Waals surface area contributed by atoms with Gasteiger partial charge < -0.3 is 55.1 Å². The fraction of sp³-hybridized carbons (Fsp3) is 0.386. The number of anilines is 3. The number of aromatic hydroxyl groups is 1. The average molecular weight is 1050 g/mol. The molecule has 4 aliphatic rings. The first-order chi connectivity index (χ1) is 36.9. The molecule has 394 valence electrons. The molecule has 0 aliphatic carbocycles. The largest absolute Gasteiger partial charge is 0.507 e. The number of β-amino-alcohol motifs (C(OH)–C–C–N with tert-alkyl or cyclic N) is 1. The molecule has 3 saturated heterocycles. The maximum absolute atomic E-state index is 14.2. The topological polar surface area (TPSA) is 222 Å². The predicted molar refractivity (Wildman–Crippen MR) is 288 cm³/mol. The number of nitrogens with one attached hydrogen (secondary N) is 1. The number of carbonyl (C=O) groups is 3. The third-order valence-corrected chi connectivity index (χ3v) is 15.5. The van der Waals surface area contributed by atoms with Crippen molar-refractivity contribution in [1.82, 2.24) is 35.3 Å². The van der Waals surface area contributed by atoms with Crippen LogP contribution in [0.5, 0.6) is 11.6 Å². The van der Waals surface area contributed by atoms with Gasteiger partial charge in [0.1, 0.15) is 36.7 Å². The van der Waals surface area contributed by atoms with E-state index in [0.29, 0.717) is 67.2 Å². The Labute approximate surface area is 445 Å². The summed E-state index contributed by atoms with van der Waals surface area (Å²) in [7, 11) is 0. The Hall–Kier alpha value is -7.63. The van der Waals surface area contributed by atoms with Crippen molar-refractivity contribution in [2.75, 3.05) is 68.2 Å². The lowest BCUT2D eigenvalue weighted by atomic mass is 10.00. The average Bonchev–Trinajstić information content (AvgIpc) is 4.21. The number of nitrogens with two attached hydrogens (primary N) is 1. The van der Waals surface area contributed by atoms with Gasteiger partial charge in [0.2, 0.25) is 17.7 Å². The number of likely N-dealkylation sites (tertiary alicyclic amines) is 1. The number of benzene rings is 3. The van der Waals surface area contributed by atoms with Crippen LogP contribution >= 0.6 is 11.3 Å². The number of nitrogens with zero attached hydrogens (tertiary/aromatic N) is 8. The van der Waals surface area contributed by atoms with Crippen LogP contribution in [0.2, 0.25) is 0 Å². The number of rotatable bonds is 18. The van der Waals surface area contributed by atoms with Gasteiger partial charge >= 0.3 is 0 Å². The van der Waals surface area contributed by atoms with E-state index in [1.807, 2.05) is 93.6 Å². The molecule has 0 radical (unpaired) electrons. The smallest absolute Gasteiger partial charge is 0.255 e. The number of hydrogen-bond acceptors (Lipinski definition) is 16. The maximum atomic E-state index is 14.2. The Bertz CT molecular complexity index is 3110. The molecular formula is C57H62N10O8S. The highest BCUT2D eigenvalue weighted by molar-refractivity contribution is 7.13. The van der Waals surface area contributed by atoms with Crippen molar-refractivity contribution < 1.29 is 38.8 Å². The number of aliphatic hydroxyl groups is 1. The van der Waals surface area contributed by atoms with Gasteiger partial charge in [0, 0.05) is 73.8 Å². The number of thiazole rings is 1. The minimum Gasteiger partial charge on any atom is -0.507 e. The van der Waals surface area contributed by atoms with Crippen molar-refractivity contribution in [3.63, 3.8) is 0 Å². The minimum atomic E-state index is -0.877. The number of piperazine rings is 1. The highest BCUT2D eigenvalue weighted by Gasteiger charge is 2.46. The number of aliphatic hydroxyl groups excluding tert-OH is 1. The SMILES string of the molecule is CC(C)[C@@H](C(=O)N1C[C@H](O)C[C@H]1C(=O)N[C@@H](C)c1ccc(-c2scnc2C#CCOCCOCCOc2cc(N3C4CCC3CN(c3cc(-c5ccccc5O)nnc3N)C4)ccn2)cc1)N1Cc2ccccc2C1=O. The maximum Gasteiger partial charge on any atom is 0.255 e. The number of nitrogen functional groups attached to an aromatic ring is 1.